The third-order valence-electron chi connectivity index (χ3n) is 5.25. The van der Waals surface area contributed by atoms with E-state index in [1.165, 1.54) is 17.0 Å². The lowest BCUT2D eigenvalue weighted by Gasteiger charge is -2.29. The number of rotatable bonds is 5. The fourth-order valence-electron chi connectivity index (χ4n) is 3.49. The maximum Gasteiger partial charge on any atom is 0.244 e. The zero-order valence-electron chi connectivity index (χ0n) is 17.2. The van der Waals surface area contributed by atoms with Gasteiger partial charge in [-0.1, -0.05) is 0 Å². The number of amides is 2. The van der Waals surface area contributed by atoms with Gasteiger partial charge in [0.05, 0.1) is 29.3 Å². The second-order valence-corrected chi connectivity index (χ2v) is 9.78. The van der Waals surface area contributed by atoms with Crippen molar-refractivity contribution in [1.29, 1.82) is 0 Å². The number of carbonyl (C=O) groups is 2. The summed E-state index contributed by atoms with van der Waals surface area (Å²) in [6, 6.07) is 5.15. The average molecular weight is 437 g/mol. The molecule has 2 heterocycles. The molecule has 2 amide bonds. The van der Waals surface area contributed by atoms with Crippen LogP contribution in [0.2, 0.25) is 0 Å². The Morgan fingerprint density at radius 3 is 2.37 bits per heavy atom. The van der Waals surface area contributed by atoms with Gasteiger partial charge in [0.15, 0.2) is 9.84 Å². The zero-order valence-corrected chi connectivity index (χ0v) is 18.0. The molecule has 3 rings (SSSR count). The summed E-state index contributed by atoms with van der Waals surface area (Å²) in [6.07, 6.45) is 0.0465. The predicted molar refractivity (Wildman–Crippen MR) is 110 cm³/mol. The maximum absolute atomic E-state index is 13.2. The number of aromatic nitrogens is 2. The second kappa shape index (κ2) is 8.55. The van der Waals surface area contributed by atoms with E-state index in [0.29, 0.717) is 11.4 Å². The number of hydrogen-bond donors (Lipinski definition) is 1. The molecule has 1 saturated heterocycles. The summed E-state index contributed by atoms with van der Waals surface area (Å²) in [5.41, 5.74) is 2.86. The van der Waals surface area contributed by atoms with Crippen LogP contribution in [0, 0.1) is 19.7 Å². The van der Waals surface area contributed by atoms with Gasteiger partial charge in [-0.2, -0.15) is 5.10 Å². The van der Waals surface area contributed by atoms with Crippen molar-refractivity contribution in [2.24, 2.45) is 0 Å². The largest absolute Gasteiger partial charge is 0.344 e. The van der Waals surface area contributed by atoms with E-state index in [0.717, 1.165) is 11.3 Å². The summed E-state index contributed by atoms with van der Waals surface area (Å²) in [7, 11) is -3.08. The average Bonchev–Trinajstić information content (AvgIpc) is 2.96. The number of nitrogens with one attached hydrogen (secondary N) is 1. The summed E-state index contributed by atoms with van der Waals surface area (Å²) in [6.45, 7) is 5.49. The van der Waals surface area contributed by atoms with Gasteiger partial charge in [-0.05, 0) is 45.0 Å². The molecule has 1 fully saturated rings. The fraction of sp³-hybridized carbons (Fsp3) is 0.450. The van der Waals surface area contributed by atoms with Crippen molar-refractivity contribution in [3.05, 3.63) is 47.0 Å². The Labute approximate surface area is 175 Å². The first-order valence-electron chi connectivity index (χ1n) is 9.67. The third-order valence-corrected chi connectivity index (χ3v) is 6.86. The highest BCUT2D eigenvalue weighted by atomic mass is 32.2. The predicted octanol–water partition coefficient (Wildman–Crippen LogP) is 0.932. The minimum atomic E-state index is -3.08. The normalized spacial score (nSPS) is 16.9. The monoisotopic (exact) mass is 436 g/mol. The lowest BCUT2D eigenvalue weighted by atomic mass is 10.1. The number of hydrogen-bond acceptors (Lipinski definition) is 5. The number of carbonyl (C=O) groups excluding carboxylic acids is 2. The molecule has 2 aromatic rings. The molecule has 8 nitrogen and oxygen atoms in total. The summed E-state index contributed by atoms with van der Waals surface area (Å²) < 4.78 is 37.9. The molecule has 1 aromatic heterocycles. The Hall–Kier alpha value is -2.75. The van der Waals surface area contributed by atoms with Gasteiger partial charge in [-0.25, -0.2) is 17.5 Å². The number of nitrogens with zero attached hydrogens (tertiary/aromatic N) is 3. The molecule has 0 bridgehead atoms. The highest BCUT2D eigenvalue weighted by Gasteiger charge is 2.28. The van der Waals surface area contributed by atoms with Crippen molar-refractivity contribution in [3.63, 3.8) is 0 Å². The lowest BCUT2D eigenvalue weighted by molar-refractivity contribution is -0.135. The topological polar surface area (TPSA) is 101 Å². The van der Waals surface area contributed by atoms with E-state index in [4.69, 9.17) is 0 Å². The molecule has 1 unspecified atom stereocenters. The molecule has 1 aliphatic rings. The Kier molecular flexibility index (Phi) is 6.25. The van der Waals surface area contributed by atoms with Crippen LogP contribution in [-0.4, -0.2) is 65.5 Å². The van der Waals surface area contributed by atoms with Gasteiger partial charge in [0.25, 0.3) is 0 Å². The van der Waals surface area contributed by atoms with Gasteiger partial charge in [0, 0.05) is 24.3 Å². The van der Waals surface area contributed by atoms with Gasteiger partial charge in [0.1, 0.15) is 11.9 Å². The summed E-state index contributed by atoms with van der Waals surface area (Å²) >= 11 is 0. The van der Waals surface area contributed by atoms with Gasteiger partial charge < -0.3 is 10.2 Å². The number of halogens is 1. The highest BCUT2D eigenvalue weighted by Crippen LogP contribution is 2.19. The van der Waals surface area contributed by atoms with Gasteiger partial charge >= 0.3 is 0 Å². The van der Waals surface area contributed by atoms with Crippen molar-refractivity contribution in [2.75, 3.05) is 24.6 Å². The van der Waals surface area contributed by atoms with Crippen LogP contribution >= 0.6 is 0 Å². The first-order chi connectivity index (χ1) is 14.1. The highest BCUT2D eigenvalue weighted by molar-refractivity contribution is 7.91. The van der Waals surface area contributed by atoms with Crippen molar-refractivity contribution in [2.45, 2.75) is 33.2 Å². The van der Waals surface area contributed by atoms with Crippen LogP contribution in [0.25, 0.3) is 5.69 Å². The van der Waals surface area contributed by atoms with Crippen LogP contribution in [0.15, 0.2) is 24.3 Å². The Bertz CT molecular complexity index is 1050. The summed E-state index contributed by atoms with van der Waals surface area (Å²) in [4.78, 5) is 26.5. The molecule has 162 valence electrons. The van der Waals surface area contributed by atoms with E-state index < -0.39 is 15.9 Å². The van der Waals surface area contributed by atoms with E-state index in [2.05, 4.69) is 10.4 Å². The lowest BCUT2D eigenvalue weighted by Crippen LogP contribution is -2.51. The molecular formula is C20H25FN4O4S. The minimum Gasteiger partial charge on any atom is -0.344 e. The van der Waals surface area contributed by atoms with Crippen LogP contribution in [0.4, 0.5) is 4.39 Å². The van der Waals surface area contributed by atoms with Gasteiger partial charge in [0.2, 0.25) is 11.8 Å². The third kappa shape index (κ3) is 4.86. The van der Waals surface area contributed by atoms with E-state index in [1.54, 1.807) is 30.7 Å². The molecular weight excluding hydrogens is 411 g/mol. The van der Waals surface area contributed by atoms with Gasteiger partial charge in [-0.3, -0.25) is 9.59 Å². The van der Waals surface area contributed by atoms with Crippen LogP contribution in [0.1, 0.15) is 23.9 Å². The van der Waals surface area contributed by atoms with Crippen LogP contribution in [0.3, 0.4) is 0 Å². The number of sulfone groups is 1. The first kappa shape index (κ1) is 21.9. The second-order valence-electron chi connectivity index (χ2n) is 7.48. The molecule has 0 aliphatic carbocycles. The van der Waals surface area contributed by atoms with Crippen molar-refractivity contribution < 1.29 is 22.4 Å². The minimum absolute atomic E-state index is 0.0465. The zero-order chi connectivity index (χ0) is 22.1. The smallest absolute Gasteiger partial charge is 0.244 e. The van der Waals surface area contributed by atoms with E-state index in [1.807, 2.05) is 6.92 Å². The van der Waals surface area contributed by atoms with Crippen molar-refractivity contribution >= 4 is 21.7 Å². The Morgan fingerprint density at radius 1 is 1.17 bits per heavy atom. The first-order valence-corrected chi connectivity index (χ1v) is 11.5. The molecule has 0 radical (unpaired) electrons. The molecule has 1 aliphatic heterocycles. The van der Waals surface area contributed by atoms with Crippen molar-refractivity contribution in [1.82, 2.24) is 20.0 Å². The number of aryl methyl sites for hydroxylation is 1. The summed E-state index contributed by atoms with van der Waals surface area (Å²) in [5, 5.41) is 7.14. The maximum atomic E-state index is 13.2. The Morgan fingerprint density at radius 2 is 1.77 bits per heavy atom. The van der Waals surface area contributed by atoms with Crippen LogP contribution in [-0.2, 0) is 25.8 Å². The van der Waals surface area contributed by atoms with E-state index in [9.17, 15) is 22.4 Å². The molecule has 1 aromatic carbocycles. The molecule has 0 spiro atoms. The standard InChI is InChI=1S/C20H25FN4O4S/c1-13-18(15(3)25(23-13)17-6-4-16(21)5-7-17)12-19(26)22-14(2)20(27)24-8-10-30(28,29)11-9-24/h4-7,14H,8-12H2,1-3H3,(H,22,26). The van der Waals surface area contributed by atoms with Crippen LogP contribution < -0.4 is 5.32 Å². The summed E-state index contributed by atoms with van der Waals surface area (Å²) in [5.74, 6) is -1.08. The SMILES string of the molecule is Cc1nn(-c2ccc(F)cc2)c(C)c1CC(=O)NC(C)C(=O)N1CCS(=O)(=O)CC1. The number of benzene rings is 1. The van der Waals surface area contributed by atoms with Gasteiger partial charge in [-0.15, -0.1) is 0 Å². The van der Waals surface area contributed by atoms with E-state index >= 15 is 0 Å². The molecule has 0 saturated carbocycles. The molecule has 1 atom stereocenters. The quantitative estimate of drug-likeness (QED) is 0.752. The fourth-order valence-corrected chi connectivity index (χ4v) is 4.69. The van der Waals surface area contributed by atoms with Crippen LogP contribution in [0.5, 0.6) is 0 Å². The van der Waals surface area contributed by atoms with E-state index in [-0.39, 0.29) is 48.6 Å². The molecule has 30 heavy (non-hydrogen) atoms. The molecule has 10 heteroatoms. The molecule has 1 N–H and O–H groups in total. The van der Waals surface area contributed by atoms with Crippen molar-refractivity contribution in [3.8, 4) is 5.69 Å². The Balaban J connectivity index is 1.65.